The van der Waals surface area contributed by atoms with Gasteiger partial charge in [-0.05, 0) is 44.6 Å². The largest absolute Gasteiger partial charge is 0.320 e. The molecule has 0 heterocycles. The Morgan fingerprint density at radius 2 is 1.71 bits per heavy atom. The smallest absolute Gasteiger partial charge is 0.123 e. The van der Waals surface area contributed by atoms with Gasteiger partial charge in [0.15, 0.2) is 0 Å². The molecule has 2 nitrogen and oxygen atoms in total. The maximum Gasteiger partial charge on any atom is 0.123 e. The van der Waals surface area contributed by atoms with Gasteiger partial charge in [-0.1, -0.05) is 26.0 Å². The zero-order valence-corrected chi connectivity index (χ0v) is 11.2. The van der Waals surface area contributed by atoms with Crippen LogP contribution in [-0.2, 0) is 5.54 Å². The molecule has 0 aliphatic heterocycles. The zero-order valence-electron chi connectivity index (χ0n) is 11.2. The number of nitrogens with two attached hydrogens (primary N) is 1. The highest BCUT2D eigenvalue weighted by atomic mass is 19.1. The predicted octanol–water partition coefficient (Wildman–Crippen LogP) is 2.73. The van der Waals surface area contributed by atoms with Gasteiger partial charge in [0, 0.05) is 6.04 Å². The second-order valence-corrected chi connectivity index (χ2v) is 4.69. The summed E-state index contributed by atoms with van der Waals surface area (Å²) in [6, 6.07) is 6.69. The van der Waals surface area contributed by atoms with E-state index >= 15 is 0 Å². The molecule has 0 aliphatic carbocycles. The number of hydrogen-bond donors (Lipinski definition) is 1. The fourth-order valence-electron chi connectivity index (χ4n) is 2.20. The third kappa shape index (κ3) is 3.05. The lowest BCUT2D eigenvalue weighted by molar-refractivity contribution is 0.154. The molecule has 1 aromatic rings. The molecule has 0 aliphatic rings. The van der Waals surface area contributed by atoms with E-state index < -0.39 is 5.54 Å². The molecule has 2 atom stereocenters. The molecular formula is C14H23FN2. The van der Waals surface area contributed by atoms with E-state index in [1.54, 1.807) is 12.1 Å². The minimum absolute atomic E-state index is 0.211. The Bertz CT molecular complexity index is 342. The molecule has 17 heavy (non-hydrogen) atoms. The van der Waals surface area contributed by atoms with Crippen LogP contribution in [0.1, 0.15) is 33.3 Å². The molecule has 96 valence electrons. The van der Waals surface area contributed by atoms with Crippen LogP contribution in [-0.4, -0.2) is 24.0 Å². The van der Waals surface area contributed by atoms with Crippen molar-refractivity contribution < 1.29 is 4.39 Å². The molecule has 0 spiro atoms. The van der Waals surface area contributed by atoms with E-state index in [2.05, 4.69) is 25.7 Å². The zero-order chi connectivity index (χ0) is 13.1. The molecule has 3 heteroatoms. The average Bonchev–Trinajstić information content (AvgIpc) is 2.31. The summed E-state index contributed by atoms with van der Waals surface area (Å²) >= 11 is 0. The van der Waals surface area contributed by atoms with Crippen molar-refractivity contribution in [3.63, 3.8) is 0 Å². The highest BCUT2D eigenvalue weighted by molar-refractivity contribution is 5.25. The molecule has 0 saturated heterocycles. The first-order valence-corrected chi connectivity index (χ1v) is 6.22. The van der Waals surface area contributed by atoms with Crippen molar-refractivity contribution in [3.05, 3.63) is 35.6 Å². The van der Waals surface area contributed by atoms with Crippen molar-refractivity contribution >= 4 is 0 Å². The first-order valence-electron chi connectivity index (χ1n) is 6.22. The second-order valence-electron chi connectivity index (χ2n) is 4.69. The fourth-order valence-corrected chi connectivity index (χ4v) is 2.20. The van der Waals surface area contributed by atoms with Crippen LogP contribution < -0.4 is 5.73 Å². The molecule has 1 aromatic carbocycles. The Hall–Kier alpha value is -0.930. The SMILES string of the molecule is CCN(CC)C(C)C(C)(N)c1ccc(F)cc1. The van der Waals surface area contributed by atoms with Crippen molar-refractivity contribution in [2.75, 3.05) is 13.1 Å². The molecule has 0 amide bonds. The van der Waals surface area contributed by atoms with Crippen molar-refractivity contribution in [2.45, 2.75) is 39.3 Å². The summed E-state index contributed by atoms with van der Waals surface area (Å²) in [4.78, 5) is 2.31. The van der Waals surface area contributed by atoms with Gasteiger partial charge in [-0.15, -0.1) is 0 Å². The first kappa shape index (κ1) is 14.1. The van der Waals surface area contributed by atoms with Gasteiger partial charge in [-0.25, -0.2) is 4.39 Å². The van der Waals surface area contributed by atoms with Crippen LogP contribution >= 0.6 is 0 Å². The minimum atomic E-state index is -0.472. The molecule has 2 unspecified atom stereocenters. The molecular weight excluding hydrogens is 215 g/mol. The van der Waals surface area contributed by atoms with Crippen molar-refractivity contribution in [1.82, 2.24) is 4.90 Å². The lowest BCUT2D eigenvalue weighted by Crippen LogP contribution is -2.52. The number of likely N-dealkylation sites (N-methyl/N-ethyl adjacent to an activating group) is 1. The minimum Gasteiger partial charge on any atom is -0.320 e. The molecule has 1 rings (SSSR count). The Balaban J connectivity index is 2.96. The van der Waals surface area contributed by atoms with Crippen LogP contribution in [0.4, 0.5) is 4.39 Å². The van der Waals surface area contributed by atoms with Crippen molar-refractivity contribution in [3.8, 4) is 0 Å². The van der Waals surface area contributed by atoms with E-state index in [-0.39, 0.29) is 11.9 Å². The maximum absolute atomic E-state index is 12.9. The summed E-state index contributed by atoms with van der Waals surface area (Å²) in [5.41, 5.74) is 6.92. The normalized spacial score (nSPS) is 16.9. The lowest BCUT2D eigenvalue weighted by atomic mass is 9.85. The first-order chi connectivity index (χ1) is 7.93. The summed E-state index contributed by atoms with van der Waals surface area (Å²) in [5.74, 6) is -0.222. The van der Waals surface area contributed by atoms with Gasteiger partial charge in [0.1, 0.15) is 5.82 Å². The summed E-state index contributed by atoms with van der Waals surface area (Å²) in [7, 11) is 0. The lowest BCUT2D eigenvalue weighted by Gasteiger charge is -2.39. The van der Waals surface area contributed by atoms with Gasteiger partial charge in [0.05, 0.1) is 5.54 Å². The highest BCUT2D eigenvalue weighted by Crippen LogP contribution is 2.25. The third-order valence-electron chi connectivity index (χ3n) is 3.69. The van der Waals surface area contributed by atoms with E-state index in [0.717, 1.165) is 18.7 Å². The van der Waals surface area contributed by atoms with E-state index in [0.29, 0.717) is 0 Å². The quantitative estimate of drug-likeness (QED) is 0.854. The highest BCUT2D eigenvalue weighted by Gasteiger charge is 2.31. The Morgan fingerprint density at radius 3 is 2.12 bits per heavy atom. The monoisotopic (exact) mass is 238 g/mol. The molecule has 0 saturated carbocycles. The topological polar surface area (TPSA) is 29.3 Å². The Kier molecular flexibility index (Phi) is 4.66. The number of halogens is 1. The molecule has 0 aromatic heterocycles. The van der Waals surface area contributed by atoms with Crippen LogP contribution in [0.2, 0.25) is 0 Å². The molecule has 0 fully saturated rings. The van der Waals surface area contributed by atoms with Gasteiger partial charge < -0.3 is 5.73 Å². The van der Waals surface area contributed by atoms with Gasteiger partial charge in [0.2, 0.25) is 0 Å². The van der Waals surface area contributed by atoms with Crippen molar-refractivity contribution in [1.29, 1.82) is 0 Å². The summed E-state index contributed by atoms with van der Waals surface area (Å²) < 4.78 is 12.9. The van der Waals surface area contributed by atoms with Crippen LogP contribution in [0.5, 0.6) is 0 Å². The van der Waals surface area contributed by atoms with Crippen LogP contribution in [0.15, 0.2) is 24.3 Å². The van der Waals surface area contributed by atoms with E-state index in [4.69, 9.17) is 5.73 Å². The van der Waals surface area contributed by atoms with Gasteiger partial charge in [0.25, 0.3) is 0 Å². The standard InChI is InChI=1S/C14H23FN2/c1-5-17(6-2)11(3)14(4,16)12-7-9-13(15)10-8-12/h7-11H,5-6,16H2,1-4H3. The summed E-state index contributed by atoms with van der Waals surface area (Å²) in [6.45, 7) is 10.3. The number of benzene rings is 1. The average molecular weight is 238 g/mol. The molecule has 0 radical (unpaired) electrons. The van der Waals surface area contributed by atoms with Crippen LogP contribution in [0.3, 0.4) is 0 Å². The summed E-state index contributed by atoms with van der Waals surface area (Å²) in [6.07, 6.45) is 0. The number of nitrogens with zero attached hydrogens (tertiary/aromatic N) is 1. The fraction of sp³-hybridized carbons (Fsp3) is 0.571. The van der Waals surface area contributed by atoms with E-state index in [1.165, 1.54) is 12.1 Å². The third-order valence-corrected chi connectivity index (χ3v) is 3.69. The molecule has 0 bridgehead atoms. The Labute approximate surface area is 104 Å². The second kappa shape index (κ2) is 5.61. The Morgan fingerprint density at radius 1 is 1.24 bits per heavy atom. The van der Waals surface area contributed by atoms with E-state index in [1.807, 2.05) is 6.92 Å². The van der Waals surface area contributed by atoms with Crippen LogP contribution in [0.25, 0.3) is 0 Å². The number of hydrogen-bond acceptors (Lipinski definition) is 2. The predicted molar refractivity (Wildman–Crippen MR) is 70.3 cm³/mol. The van der Waals surface area contributed by atoms with Crippen molar-refractivity contribution in [2.24, 2.45) is 5.73 Å². The van der Waals surface area contributed by atoms with Crippen LogP contribution in [0, 0.1) is 5.82 Å². The summed E-state index contributed by atoms with van der Waals surface area (Å²) in [5, 5.41) is 0. The van der Waals surface area contributed by atoms with Gasteiger partial charge in [-0.2, -0.15) is 0 Å². The van der Waals surface area contributed by atoms with E-state index in [9.17, 15) is 4.39 Å². The maximum atomic E-state index is 12.9. The number of rotatable bonds is 5. The van der Waals surface area contributed by atoms with Gasteiger partial charge in [-0.3, -0.25) is 4.90 Å². The molecule has 2 N–H and O–H groups in total. The van der Waals surface area contributed by atoms with Gasteiger partial charge >= 0.3 is 0 Å².